The minimum absolute atomic E-state index is 0.0857. The second kappa shape index (κ2) is 7.33. The van der Waals surface area contributed by atoms with Crippen molar-refractivity contribution < 1.29 is 24.1 Å². The molecule has 0 spiro atoms. The molecule has 1 N–H and O–H groups in total. The lowest BCUT2D eigenvalue weighted by Gasteiger charge is -2.14. The minimum atomic E-state index is -1.05. The van der Waals surface area contributed by atoms with Crippen LogP contribution in [-0.2, 0) is 9.53 Å². The fourth-order valence-corrected chi connectivity index (χ4v) is 2.00. The van der Waals surface area contributed by atoms with Crippen LogP contribution in [-0.4, -0.2) is 31.6 Å². The Labute approximate surface area is 128 Å². The maximum atomic E-state index is 10.6. The van der Waals surface area contributed by atoms with Crippen LogP contribution in [0.15, 0.2) is 18.2 Å². The number of hydrogen-bond donors (Lipinski definition) is 1. The van der Waals surface area contributed by atoms with E-state index >= 15 is 0 Å². The van der Waals surface area contributed by atoms with Crippen LogP contribution < -0.4 is 9.47 Å². The number of rotatable bonds is 8. The van der Waals surface area contributed by atoms with E-state index in [4.69, 9.17) is 30.9 Å². The molecule has 2 rings (SSSR count). The van der Waals surface area contributed by atoms with Crippen molar-refractivity contribution in [1.82, 2.24) is 0 Å². The molecule has 1 aromatic rings. The fourth-order valence-electron chi connectivity index (χ4n) is 1.78. The molecule has 0 atom stereocenters. The molecule has 1 saturated carbocycles. The van der Waals surface area contributed by atoms with Gasteiger partial charge in [0.1, 0.15) is 0 Å². The number of methoxy groups -OCH3 is 1. The number of hydrogen-bond acceptors (Lipinski definition) is 4. The molecule has 21 heavy (non-hydrogen) atoms. The van der Waals surface area contributed by atoms with E-state index in [1.165, 1.54) is 26.0 Å². The lowest BCUT2D eigenvalue weighted by Crippen LogP contribution is -2.07. The number of ether oxygens (including phenoxy) is 3. The summed E-state index contributed by atoms with van der Waals surface area (Å²) in [7, 11) is 1.49. The second-order valence-electron chi connectivity index (χ2n) is 4.77. The summed E-state index contributed by atoms with van der Waals surface area (Å²) in [5.41, 5.74) is 0.525. The van der Waals surface area contributed by atoms with Gasteiger partial charge in [0.15, 0.2) is 18.3 Å². The van der Waals surface area contributed by atoms with Crippen molar-refractivity contribution in [1.29, 1.82) is 0 Å². The normalized spacial score (nSPS) is 14.4. The van der Waals surface area contributed by atoms with Crippen molar-refractivity contribution in [3.05, 3.63) is 28.8 Å². The minimum Gasteiger partial charge on any atom is -0.493 e. The van der Waals surface area contributed by atoms with E-state index in [0.29, 0.717) is 34.6 Å². The third kappa shape index (κ3) is 4.95. The summed E-state index contributed by atoms with van der Waals surface area (Å²) in [5, 5.41) is 9.16. The smallest absolute Gasteiger partial charge is 0.328 e. The quantitative estimate of drug-likeness (QED) is 0.453. The predicted octanol–water partition coefficient (Wildman–Crippen LogP) is 3.21. The Morgan fingerprint density at radius 3 is 2.86 bits per heavy atom. The van der Waals surface area contributed by atoms with Crippen molar-refractivity contribution >= 4 is 23.6 Å². The molecule has 0 radical (unpaired) electrons. The molecule has 0 aliphatic heterocycles. The monoisotopic (exact) mass is 312 g/mol. The van der Waals surface area contributed by atoms with Crippen LogP contribution in [0.2, 0.25) is 5.02 Å². The van der Waals surface area contributed by atoms with E-state index in [1.54, 1.807) is 12.1 Å². The van der Waals surface area contributed by atoms with Gasteiger partial charge in [0.25, 0.3) is 0 Å². The summed E-state index contributed by atoms with van der Waals surface area (Å²) in [4.78, 5) is 10.6. The number of halogens is 1. The Hall–Kier alpha value is -1.72. The molecule has 6 heteroatoms. The molecule has 5 nitrogen and oxygen atoms in total. The highest BCUT2D eigenvalue weighted by Crippen LogP contribution is 2.36. The zero-order chi connectivity index (χ0) is 15.2. The molecule has 114 valence electrons. The maximum Gasteiger partial charge on any atom is 0.328 e. The molecule has 0 heterocycles. The van der Waals surface area contributed by atoms with Gasteiger partial charge in [-0.1, -0.05) is 11.6 Å². The van der Waals surface area contributed by atoms with Crippen LogP contribution in [0.5, 0.6) is 11.5 Å². The molecular formula is C15H17ClO5. The fraction of sp³-hybridized carbons (Fsp3) is 0.400. The van der Waals surface area contributed by atoms with Gasteiger partial charge in [-0.2, -0.15) is 0 Å². The van der Waals surface area contributed by atoms with Crippen LogP contribution in [0.4, 0.5) is 0 Å². The number of carbonyl (C=O) groups is 1. The zero-order valence-electron chi connectivity index (χ0n) is 11.7. The molecule has 0 amide bonds. The summed E-state index contributed by atoms with van der Waals surface area (Å²) in [6, 6.07) is 3.22. The van der Waals surface area contributed by atoms with Crippen molar-refractivity contribution in [2.24, 2.45) is 5.92 Å². The Morgan fingerprint density at radius 1 is 1.48 bits per heavy atom. The van der Waals surface area contributed by atoms with E-state index in [9.17, 15) is 4.79 Å². The summed E-state index contributed by atoms with van der Waals surface area (Å²) in [6.45, 7) is 0.763. The highest BCUT2D eigenvalue weighted by Gasteiger charge is 2.21. The van der Waals surface area contributed by atoms with E-state index < -0.39 is 5.97 Å². The van der Waals surface area contributed by atoms with Gasteiger partial charge in [-0.3, -0.25) is 0 Å². The van der Waals surface area contributed by atoms with Crippen LogP contribution in [0, 0.1) is 5.92 Å². The first kappa shape index (κ1) is 15.7. The number of carboxylic acids is 1. The van der Waals surface area contributed by atoms with Crippen molar-refractivity contribution in [3.8, 4) is 11.5 Å². The average Bonchev–Trinajstić information content (AvgIpc) is 3.26. The molecule has 1 fully saturated rings. The second-order valence-corrected chi connectivity index (χ2v) is 5.21. The first-order chi connectivity index (χ1) is 10.1. The molecule has 0 unspecified atom stereocenters. The first-order valence-electron chi connectivity index (χ1n) is 6.59. The summed E-state index contributed by atoms with van der Waals surface area (Å²) < 4.78 is 16.2. The number of benzene rings is 1. The zero-order valence-corrected chi connectivity index (χ0v) is 12.4. The molecule has 1 aromatic carbocycles. The van der Waals surface area contributed by atoms with E-state index in [1.807, 2.05) is 0 Å². The topological polar surface area (TPSA) is 65.0 Å². The predicted molar refractivity (Wildman–Crippen MR) is 78.8 cm³/mol. The first-order valence-corrected chi connectivity index (χ1v) is 6.97. The molecule has 0 aromatic heterocycles. The van der Waals surface area contributed by atoms with Crippen molar-refractivity contribution in [2.75, 3.05) is 20.5 Å². The SMILES string of the molecule is COc1cc(Cl)cc(/C=C/C(=O)O)c1OCOCC1CC1. The van der Waals surface area contributed by atoms with Gasteiger partial charge in [0.05, 0.1) is 13.7 Å². The van der Waals surface area contributed by atoms with Gasteiger partial charge in [-0.05, 0) is 30.9 Å². The largest absolute Gasteiger partial charge is 0.493 e. The number of aliphatic carboxylic acids is 1. The van der Waals surface area contributed by atoms with Crippen LogP contribution >= 0.6 is 11.6 Å². The molecule has 1 aliphatic rings. The van der Waals surface area contributed by atoms with E-state index in [2.05, 4.69) is 0 Å². The van der Waals surface area contributed by atoms with Crippen molar-refractivity contribution in [2.45, 2.75) is 12.8 Å². The third-order valence-corrected chi connectivity index (χ3v) is 3.23. The third-order valence-electron chi connectivity index (χ3n) is 3.01. The maximum absolute atomic E-state index is 10.6. The lowest BCUT2D eigenvalue weighted by atomic mass is 10.1. The summed E-state index contributed by atoms with van der Waals surface area (Å²) in [6.07, 6.45) is 4.84. The molecule has 0 bridgehead atoms. The van der Waals surface area contributed by atoms with Gasteiger partial charge in [-0.15, -0.1) is 0 Å². The van der Waals surface area contributed by atoms with Gasteiger partial charge in [-0.25, -0.2) is 4.79 Å². The number of carboxylic acid groups (broad SMARTS) is 1. The molecule has 0 saturated heterocycles. The lowest BCUT2D eigenvalue weighted by molar-refractivity contribution is -0.131. The Balaban J connectivity index is 2.11. The van der Waals surface area contributed by atoms with E-state index in [-0.39, 0.29) is 6.79 Å². The summed E-state index contributed by atoms with van der Waals surface area (Å²) in [5.74, 6) is 0.440. The summed E-state index contributed by atoms with van der Waals surface area (Å²) >= 11 is 5.98. The van der Waals surface area contributed by atoms with Crippen LogP contribution in [0.25, 0.3) is 6.08 Å². The van der Waals surface area contributed by atoms with Gasteiger partial charge in [0, 0.05) is 22.7 Å². The highest BCUT2D eigenvalue weighted by atomic mass is 35.5. The van der Waals surface area contributed by atoms with Crippen LogP contribution in [0.1, 0.15) is 18.4 Å². The Kier molecular flexibility index (Phi) is 5.47. The highest BCUT2D eigenvalue weighted by molar-refractivity contribution is 6.31. The van der Waals surface area contributed by atoms with Gasteiger partial charge < -0.3 is 19.3 Å². The van der Waals surface area contributed by atoms with Gasteiger partial charge >= 0.3 is 5.97 Å². The Bertz CT molecular complexity index is 537. The molecular weight excluding hydrogens is 296 g/mol. The van der Waals surface area contributed by atoms with Crippen LogP contribution in [0.3, 0.4) is 0 Å². The molecule has 1 aliphatic carbocycles. The van der Waals surface area contributed by atoms with Crippen molar-refractivity contribution in [3.63, 3.8) is 0 Å². The van der Waals surface area contributed by atoms with Gasteiger partial charge in [0.2, 0.25) is 0 Å². The average molecular weight is 313 g/mol. The standard InChI is InChI=1S/C15H17ClO5/c1-19-13-7-12(16)6-11(4-5-14(17)18)15(13)21-9-20-8-10-2-3-10/h4-7,10H,2-3,8-9H2,1H3,(H,17,18)/b5-4+. The Morgan fingerprint density at radius 2 is 2.24 bits per heavy atom. The van der Waals surface area contributed by atoms with E-state index in [0.717, 1.165) is 6.08 Å².